The maximum absolute atomic E-state index is 13.6. The molecule has 0 heterocycles. The molecule has 1 aliphatic carbocycles. The lowest BCUT2D eigenvalue weighted by Gasteiger charge is -2.30. The first-order valence-electron chi connectivity index (χ1n) is 11.5. The van der Waals surface area contributed by atoms with Gasteiger partial charge in [-0.05, 0) is 72.4 Å². The second-order valence-electron chi connectivity index (χ2n) is 9.34. The van der Waals surface area contributed by atoms with Gasteiger partial charge in [-0.15, -0.1) is 0 Å². The molecule has 6 heteroatoms. The van der Waals surface area contributed by atoms with E-state index in [1.54, 1.807) is 0 Å². The van der Waals surface area contributed by atoms with Crippen LogP contribution in [0.5, 0.6) is 0 Å². The summed E-state index contributed by atoms with van der Waals surface area (Å²) in [6.45, 7) is 6.05. The molecule has 1 aliphatic rings. The molecule has 2 aromatic rings. The minimum Gasteiger partial charge on any atom is -0.390 e. The van der Waals surface area contributed by atoms with Gasteiger partial charge in [-0.25, -0.2) is 8.78 Å². The van der Waals surface area contributed by atoms with Crippen molar-refractivity contribution in [2.75, 3.05) is 6.54 Å². The topological polar surface area (TPSA) is 61.4 Å². The number of amides is 1. The summed E-state index contributed by atoms with van der Waals surface area (Å²) in [7, 11) is 0. The lowest BCUT2D eigenvalue weighted by atomic mass is 9.85. The first kappa shape index (κ1) is 24.3. The Morgan fingerprint density at radius 2 is 1.81 bits per heavy atom. The van der Waals surface area contributed by atoms with E-state index in [4.69, 9.17) is 0 Å². The third kappa shape index (κ3) is 6.84. The smallest absolute Gasteiger partial charge is 0.217 e. The number of aliphatic hydroxyl groups is 1. The summed E-state index contributed by atoms with van der Waals surface area (Å²) in [6, 6.07) is 9.44. The molecule has 1 amide bonds. The SMILES string of the molecule is CC(=O)N[C@@H](Cc1cc(F)cc(F)c1)[C@@H](O)CNC1CCCc2ccc(CC(C)C)cc21. The van der Waals surface area contributed by atoms with Gasteiger partial charge in [0.15, 0.2) is 0 Å². The van der Waals surface area contributed by atoms with Gasteiger partial charge in [-0.1, -0.05) is 32.0 Å². The van der Waals surface area contributed by atoms with Crippen LogP contribution in [0.15, 0.2) is 36.4 Å². The molecular formula is C26H34F2N2O2. The van der Waals surface area contributed by atoms with Crippen LogP contribution in [0.3, 0.4) is 0 Å². The Bertz CT molecular complexity index is 912. The average Bonchev–Trinajstić information content (AvgIpc) is 2.70. The summed E-state index contributed by atoms with van der Waals surface area (Å²) >= 11 is 0. The largest absolute Gasteiger partial charge is 0.390 e. The summed E-state index contributed by atoms with van der Waals surface area (Å²) in [5, 5.41) is 17.0. The quantitative estimate of drug-likeness (QED) is 0.542. The van der Waals surface area contributed by atoms with E-state index in [1.165, 1.54) is 35.7 Å². The fraction of sp³-hybridized carbons (Fsp3) is 0.500. The summed E-state index contributed by atoms with van der Waals surface area (Å²) in [6.07, 6.45) is 3.35. The van der Waals surface area contributed by atoms with Crippen LogP contribution in [0.25, 0.3) is 0 Å². The van der Waals surface area contributed by atoms with E-state index in [1.807, 2.05) is 0 Å². The van der Waals surface area contributed by atoms with Crippen molar-refractivity contribution < 1.29 is 18.7 Å². The van der Waals surface area contributed by atoms with E-state index < -0.39 is 23.8 Å². The number of rotatable bonds is 9. The number of benzene rings is 2. The van der Waals surface area contributed by atoms with Crippen molar-refractivity contribution in [3.8, 4) is 0 Å². The molecule has 4 nitrogen and oxygen atoms in total. The van der Waals surface area contributed by atoms with Crippen LogP contribution >= 0.6 is 0 Å². The Morgan fingerprint density at radius 3 is 2.47 bits per heavy atom. The highest BCUT2D eigenvalue weighted by atomic mass is 19.1. The molecular weight excluding hydrogens is 410 g/mol. The first-order valence-corrected chi connectivity index (χ1v) is 11.5. The predicted octanol–water partition coefficient (Wildman–Crippen LogP) is 4.24. The minimum absolute atomic E-state index is 0.130. The maximum atomic E-state index is 13.6. The summed E-state index contributed by atoms with van der Waals surface area (Å²) in [5.41, 5.74) is 4.33. The van der Waals surface area contributed by atoms with Crippen LogP contribution in [-0.4, -0.2) is 29.7 Å². The zero-order valence-corrected chi connectivity index (χ0v) is 19.1. The van der Waals surface area contributed by atoms with Gasteiger partial charge >= 0.3 is 0 Å². The number of hydrogen-bond acceptors (Lipinski definition) is 3. The Hall–Kier alpha value is -2.31. The number of fused-ring (bicyclic) bond motifs is 1. The molecule has 32 heavy (non-hydrogen) atoms. The highest BCUT2D eigenvalue weighted by Gasteiger charge is 2.25. The van der Waals surface area contributed by atoms with Gasteiger partial charge in [0.25, 0.3) is 0 Å². The number of nitrogens with one attached hydrogen (secondary N) is 2. The fourth-order valence-electron chi connectivity index (χ4n) is 4.59. The number of hydrogen-bond donors (Lipinski definition) is 3. The van der Waals surface area contributed by atoms with E-state index in [2.05, 4.69) is 42.7 Å². The van der Waals surface area contributed by atoms with Gasteiger partial charge in [-0.2, -0.15) is 0 Å². The molecule has 0 spiro atoms. The zero-order valence-electron chi connectivity index (χ0n) is 19.1. The van der Waals surface area contributed by atoms with Gasteiger partial charge < -0.3 is 15.7 Å². The zero-order chi connectivity index (χ0) is 23.3. The first-order chi connectivity index (χ1) is 15.2. The predicted molar refractivity (Wildman–Crippen MR) is 122 cm³/mol. The van der Waals surface area contributed by atoms with E-state index in [0.717, 1.165) is 31.7 Å². The summed E-state index contributed by atoms with van der Waals surface area (Å²) in [5.74, 6) is -1.07. The van der Waals surface area contributed by atoms with Gasteiger partial charge in [0.1, 0.15) is 11.6 Å². The highest BCUT2D eigenvalue weighted by molar-refractivity contribution is 5.73. The molecule has 0 fully saturated rings. The van der Waals surface area contributed by atoms with Crippen LogP contribution in [0.1, 0.15) is 61.9 Å². The van der Waals surface area contributed by atoms with Crippen LogP contribution in [0, 0.1) is 17.6 Å². The molecule has 0 saturated heterocycles. The molecule has 0 aliphatic heterocycles. The lowest BCUT2D eigenvalue weighted by molar-refractivity contribution is -0.120. The Kier molecular flexibility index (Phi) is 8.38. The van der Waals surface area contributed by atoms with Crippen molar-refractivity contribution in [3.05, 3.63) is 70.3 Å². The fourth-order valence-corrected chi connectivity index (χ4v) is 4.59. The van der Waals surface area contributed by atoms with E-state index in [0.29, 0.717) is 11.5 Å². The third-order valence-corrected chi connectivity index (χ3v) is 5.97. The Balaban J connectivity index is 1.69. The number of aryl methyl sites for hydroxylation is 1. The van der Waals surface area contributed by atoms with Crippen molar-refractivity contribution >= 4 is 5.91 Å². The second kappa shape index (κ2) is 11.0. The van der Waals surface area contributed by atoms with Gasteiger partial charge in [0, 0.05) is 25.6 Å². The average molecular weight is 445 g/mol. The molecule has 174 valence electrons. The van der Waals surface area contributed by atoms with Gasteiger partial charge in [0.05, 0.1) is 12.1 Å². The van der Waals surface area contributed by atoms with Gasteiger partial charge in [-0.3, -0.25) is 4.79 Å². The molecule has 0 saturated carbocycles. The van der Waals surface area contributed by atoms with Crippen molar-refractivity contribution in [2.45, 2.75) is 71.1 Å². The van der Waals surface area contributed by atoms with Crippen LogP contribution in [0.2, 0.25) is 0 Å². The lowest BCUT2D eigenvalue weighted by Crippen LogP contribution is -2.48. The Morgan fingerprint density at radius 1 is 1.09 bits per heavy atom. The minimum atomic E-state index is -0.908. The third-order valence-electron chi connectivity index (χ3n) is 5.97. The molecule has 3 rings (SSSR count). The molecule has 0 aromatic heterocycles. The van der Waals surface area contributed by atoms with E-state index >= 15 is 0 Å². The molecule has 3 atom stereocenters. The van der Waals surface area contributed by atoms with Crippen molar-refractivity contribution in [2.24, 2.45) is 5.92 Å². The number of aliphatic hydroxyl groups excluding tert-OH is 1. The summed E-state index contributed by atoms with van der Waals surface area (Å²) < 4.78 is 27.2. The highest BCUT2D eigenvalue weighted by Crippen LogP contribution is 2.31. The normalized spacial score (nSPS) is 17.7. The van der Waals surface area contributed by atoms with Crippen LogP contribution < -0.4 is 10.6 Å². The summed E-state index contributed by atoms with van der Waals surface area (Å²) in [4.78, 5) is 11.7. The maximum Gasteiger partial charge on any atom is 0.217 e. The van der Waals surface area contributed by atoms with Crippen molar-refractivity contribution in [1.29, 1.82) is 0 Å². The molecule has 2 aromatic carbocycles. The Labute approximate surface area is 189 Å². The number of halogens is 2. The van der Waals surface area contributed by atoms with E-state index in [-0.39, 0.29) is 24.9 Å². The van der Waals surface area contributed by atoms with Gasteiger partial charge in [0.2, 0.25) is 5.91 Å². The number of carbonyl (C=O) groups is 1. The standard InChI is InChI=1S/C26H34F2N2O2/c1-16(2)9-18-7-8-20-5-4-6-24(23(20)12-18)29-15-26(32)25(30-17(3)31)13-19-10-21(27)14-22(28)11-19/h7-8,10-12,14,16,24-26,29,32H,4-6,9,13,15H2,1-3H3,(H,30,31)/t24?,25-,26-/m0/s1. The molecule has 0 radical (unpaired) electrons. The number of carbonyl (C=O) groups excluding carboxylic acids is 1. The van der Waals surface area contributed by atoms with Crippen molar-refractivity contribution in [3.63, 3.8) is 0 Å². The molecule has 0 bridgehead atoms. The van der Waals surface area contributed by atoms with Crippen molar-refractivity contribution in [1.82, 2.24) is 10.6 Å². The molecule has 3 N–H and O–H groups in total. The van der Waals surface area contributed by atoms with Crippen LogP contribution in [0.4, 0.5) is 8.78 Å². The van der Waals surface area contributed by atoms with E-state index in [9.17, 15) is 18.7 Å². The monoisotopic (exact) mass is 444 g/mol. The second-order valence-corrected chi connectivity index (χ2v) is 9.34. The molecule has 1 unspecified atom stereocenters. The van der Waals surface area contributed by atoms with Crippen LogP contribution in [-0.2, 0) is 24.1 Å².